The highest BCUT2D eigenvalue weighted by atomic mass is 32.2. The smallest absolute Gasteiger partial charge is 0.324 e. The van der Waals surface area contributed by atoms with E-state index in [1.165, 1.54) is 6.92 Å². The molecule has 0 fully saturated rings. The third kappa shape index (κ3) is 5.86. The Morgan fingerprint density at radius 1 is 1.07 bits per heavy atom. The zero-order chi connectivity index (χ0) is 20.7. The van der Waals surface area contributed by atoms with Gasteiger partial charge in [0.15, 0.2) is 12.4 Å². The first-order valence-corrected chi connectivity index (χ1v) is 9.92. The van der Waals surface area contributed by atoms with Crippen LogP contribution >= 0.6 is 0 Å². The molecule has 0 saturated heterocycles. The highest BCUT2D eigenvalue weighted by Gasteiger charge is 2.24. The van der Waals surface area contributed by atoms with Crippen LogP contribution < -0.4 is 9.46 Å². The number of esters is 1. The van der Waals surface area contributed by atoms with Crippen LogP contribution in [-0.2, 0) is 19.6 Å². The van der Waals surface area contributed by atoms with Crippen LogP contribution in [0, 0.1) is 5.82 Å². The summed E-state index contributed by atoms with van der Waals surface area (Å²) in [5, 5.41) is 0. The highest BCUT2D eigenvalue weighted by molar-refractivity contribution is 7.89. The lowest BCUT2D eigenvalue weighted by molar-refractivity contribution is -0.144. The monoisotopic (exact) mass is 409 g/mol. The fourth-order valence-electron chi connectivity index (χ4n) is 2.21. The Morgan fingerprint density at radius 2 is 1.68 bits per heavy atom. The molecule has 0 radical (unpaired) electrons. The SMILES string of the molecule is CCOc1ccc(C(=O)COC(=O)[C@H](C)NS(=O)(=O)c2ccc(F)cc2)cc1. The van der Waals surface area contributed by atoms with Gasteiger partial charge in [-0.3, -0.25) is 9.59 Å². The predicted molar refractivity (Wildman–Crippen MR) is 99.1 cm³/mol. The van der Waals surface area contributed by atoms with Crippen LogP contribution in [0.5, 0.6) is 5.75 Å². The number of ether oxygens (including phenoxy) is 2. The van der Waals surface area contributed by atoms with E-state index >= 15 is 0 Å². The van der Waals surface area contributed by atoms with Crippen molar-refractivity contribution in [1.82, 2.24) is 4.72 Å². The zero-order valence-electron chi connectivity index (χ0n) is 15.3. The van der Waals surface area contributed by atoms with Crippen molar-refractivity contribution in [3.8, 4) is 5.75 Å². The van der Waals surface area contributed by atoms with Crippen LogP contribution in [0.1, 0.15) is 24.2 Å². The molecule has 2 aromatic rings. The largest absolute Gasteiger partial charge is 0.494 e. The number of hydrogen-bond acceptors (Lipinski definition) is 6. The molecule has 2 rings (SSSR count). The molecule has 1 N–H and O–H groups in total. The summed E-state index contributed by atoms with van der Waals surface area (Å²) in [7, 11) is -4.04. The van der Waals surface area contributed by atoms with Crippen LogP contribution in [-0.4, -0.2) is 39.4 Å². The second-order valence-corrected chi connectivity index (χ2v) is 7.50. The van der Waals surface area contributed by atoms with Crippen molar-refractivity contribution in [3.63, 3.8) is 0 Å². The quantitative estimate of drug-likeness (QED) is 0.504. The minimum absolute atomic E-state index is 0.195. The molecule has 0 spiro atoms. The van der Waals surface area contributed by atoms with Crippen LogP contribution in [0.15, 0.2) is 53.4 Å². The molecule has 1 atom stereocenters. The van der Waals surface area contributed by atoms with Gasteiger partial charge in [-0.15, -0.1) is 0 Å². The number of sulfonamides is 1. The second kappa shape index (κ2) is 9.43. The zero-order valence-corrected chi connectivity index (χ0v) is 16.2. The Bertz CT molecular complexity index is 926. The summed E-state index contributed by atoms with van der Waals surface area (Å²) in [5.74, 6) is -1.32. The third-order valence-corrected chi connectivity index (χ3v) is 5.20. The van der Waals surface area contributed by atoms with Gasteiger partial charge < -0.3 is 9.47 Å². The van der Waals surface area contributed by atoms with Gasteiger partial charge >= 0.3 is 5.97 Å². The Kier molecular flexibility index (Phi) is 7.24. The van der Waals surface area contributed by atoms with E-state index in [9.17, 15) is 22.4 Å². The van der Waals surface area contributed by atoms with E-state index in [4.69, 9.17) is 9.47 Å². The lowest BCUT2D eigenvalue weighted by Crippen LogP contribution is -2.40. The number of ketones is 1. The maximum Gasteiger partial charge on any atom is 0.324 e. The van der Waals surface area contributed by atoms with Crippen molar-refractivity contribution in [2.24, 2.45) is 0 Å². The Labute approximate surface area is 162 Å². The summed E-state index contributed by atoms with van der Waals surface area (Å²) in [5.41, 5.74) is 0.329. The molecule has 0 saturated carbocycles. The average molecular weight is 409 g/mol. The molecule has 7 nitrogen and oxygen atoms in total. The summed E-state index contributed by atoms with van der Waals surface area (Å²) in [6.45, 7) is 3.08. The molecule has 0 aliphatic heterocycles. The van der Waals surface area contributed by atoms with Gasteiger partial charge in [0.25, 0.3) is 0 Å². The molecule has 28 heavy (non-hydrogen) atoms. The van der Waals surface area contributed by atoms with Crippen molar-refractivity contribution >= 4 is 21.8 Å². The van der Waals surface area contributed by atoms with Gasteiger partial charge in [-0.1, -0.05) is 0 Å². The Balaban J connectivity index is 1.91. The van der Waals surface area contributed by atoms with Crippen LogP contribution in [0.25, 0.3) is 0 Å². The number of hydrogen-bond donors (Lipinski definition) is 1. The number of halogens is 1. The normalized spacial score (nSPS) is 12.2. The summed E-state index contributed by atoms with van der Waals surface area (Å²) in [4.78, 5) is 23.9. The van der Waals surface area contributed by atoms with Crippen molar-refractivity contribution in [1.29, 1.82) is 0 Å². The van der Waals surface area contributed by atoms with E-state index in [-0.39, 0.29) is 4.90 Å². The van der Waals surface area contributed by atoms with Gasteiger partial charge in [0.2, 0.25) is 10.0 Å². The average Bonchev–Trinajstić information content (AvgIpc) is 2.66. The van der Waals surface area contributed by atoms with E-state index in [0.717, 1.165) is 24.3 Å². The van der Waals surface area contributed by atoms with Gasteiger partial charge in [0.05, 0.1) is 11.5 Å². The van der Waals surface area contributed by atoms with Crippen molar-refractivity contribution in [3.05, 3.63) is 59.9 Å². The van der Waals surface area contributed by atoms with Gasteiger partial charge in [-0.05, 0) is 62.4 Å². The standard InChI is InChI=1S/C19H20FNO6S/c1-3-26-16-8-4-14(5-9-16)18(22)12-27-19(23)13(2)21-28(24,25)17-10-6-15(20)7-11-17/h4-11,13,21H,3,12H2,1-2H3/t13-/m0/s1. The minimum Gasteiger partial charge on any atom is -0.494 e. The van der Waals surface area contributed by atoms with Crippen LogP contribution in [0.3, 0.4) is 0 Å². The Hall–Kier alpha value is -2.78. The summed E-state index contributed by atoms with van der Waals surface area (Å²) < 4.78 is 49.6. The molecule has 150 valence electrons. The number of Topliss-reactive ketones (excluding diaryl/α,β-unsaturated/α-hetero) is 1. The fourth-order valence-corrected chi connectivity index (χ4v) is 3.40. The topological polar surface area (TPSA) is 98.8 Å². The molecule has 2 aromatic carbocycles. The summed E-state index contributed by atoms with van der Waals surface area (Å²) >= 11 is 0. The lowest BCUT2D eigenvalue weighted by atomic mass is 10.1. The van der Waals surface area contributed by atoms with Gasteiger partial charge in [0, 0.05) is 5.56 Å². The number of nitrogens with one attached hydrogen (secondary N) is 1. The summed E-state index contributed by atoms with van der Waals surface area (Å²) in [6, 6.07) is 9.24. The highest BCUT2D eigenvalue weighted by Crippen LogP contribution is 2.13. The fraction of sp³-hybridized carbons (Fsp3) is 0.263. The first-order valence-electron chi connectivity index (χ1n) is 8.43. The molecule has 0 heterocycles. The van der Waals surface area contributed by atoms with Crippen LogP contribution in [0.2, 0.25) is 0 Å². The first-order chi connectivity index (χ1) is 13.2. The van der Waals surface area contributed by atoms with E-state index in [2.05, 4.69) is 4.72 Å². The Morgan fingerprint density at radius 3 is 2.25 bits per heavy atom. The number of rotatable bonds is 9. The third-order valence-electron chi connectivity index (χ3n) is 3.64. The van der Waals surface area contributed by atoms with Crippen LogP contribution in [0.4, 0.5) is 4.39 Å². The number of carbonyl (C=O) groups excluding carboxylic acids is 2. The summed E-state index contributed by atoms with van der Waals surface area (Å²) in [6.07, 6.45) is 0. The molecule has 0 aliphatic carbocycles. The van der Waals surface area contributed by atoms with E-state index in [1.807, 2.05) is 6.92 Å². The number of carbonyl (C=O) groups is 2. The molecule has 0 aliphatic rings. The first kappa shape index (κ1) is 21.5. The van der Waals surface area contributed by atoms with Gasteiger partial charge in [-0.25, -0.2) is 12.8 Å². The lowest BCUT2D eigenvalue weighted by Gasteiger charge is -2.13. The molecule has 0 bridgehead atoms. The maximum absolute atomic E-state index is 12.9. The number of benzene rings is 2. The molecule has 0 aromatic heterocycles. The van der Waals surface area contributed by atoms with E-state index in [1.54, 1.807) is 24.3 Å². The molecule has 0 amide bonds. The van der Waals surface area contributed by atoms with Crippen molar-refractivity contribution < 1.29 is 31.9 Å². The van der Waals surface area contributed by atoms with E-state index in [0.29, 0.717) is 17.9 Å². The van der Waals surface area contributed by atoms with Crippen molar-refractivity contribution in [2.45, 2.75) is 24.8 Å². The maximum atomic E-state index is 12.9. The minimum atomic E-state index is -4.04. The molecular weight excluding hydrogens is 389 g/mol. The van der Waals surface area contributed by atoms with Gasteiger partial charge in [-0.2, -0.15) is 4.72 Å². The predicted octanol–water partition coefficient (Wildman–Crippen LogP) is 2.32. The second-order valence-electron chi connectivity index (χ2n) is 5.79. The molecule has 9 heteroatoms. The van der Waals surface area contributed by atoms with Gasteiger partial charge in [0.1, 0.15) is 17.6 Å². The molecule has 0 unspecified atom stereocenters. The van der Waals surface area contributed by atoms with Crippen molar-refractivity contribution in [2.75, 3.05) is 13.2 Å². The molecular formula is C19H20FNO6S. The van der Waals surface area contributed by atoms with E-state index < -0.39 is 40.2 Å².